The van der Waals surface area contributed by atoms with E-state index in [4.69, 9.17) is 4.74 Å². The molecular weight excluding hydrogens is 417 g/mol. The van der Waals surface area contributed by atoms with Crippen LogP contribution in [-0.2, 0) is 6.18 Å². The molecule has 0 amide bonds. The van der Waals surface area contributed by atoms with Gasteiger partial charge in [-0.25, -0.2) is 13.8 Å². The third-order valence-electron chi connectivity index (χ3n) is 3.78. The number of nitrogens with zero attached hydrogens (tertiary/aromatic N) is 3. The third-order valence-corrected chi connectivity index (χ3v) is 4.72. The highest BCUT2D eigenvalue weighted by atomic mass is 32.2. The molecule has 3 aromatic rings. The first-order valence-corrected chi connectivity index (χ1v) is 9.44. The zero-order valence-electron chi connectivity index (χ0n) is 15.3. The van der Waals surface area contributed by atoms with Crippen LogP contribution in [0.3, 0.4) is 0 Å². The van der Waals surface area contributed by atoms with Gasteiger partial charge in [-0.1, -0.05) is 6.92 Å². The van der Waals surface area contributed by atoms with Crippen LogP contribution in [-0.4, -0.2) is 32.2 Å². The molecule has 156 valence electrons. The fraction of sp³-hybridized carbons (Fsp3) is 0.333. The van der Waals surface area contributed by atoms with E-state index < -0.39 is 29.8 Å². The van der Waals surface area contributed by atoms with Crippen LogP contribution in [0.2, 0.25) is 0 Å². The first-order valence-electron chi connectivity index (χ1n) is 8.45. The Morgan fingerprint density at radius 2 is 1.90 bits per heavy atom. The Morgan fingerprint density at radius 1 is 1.17 bits per heavy atom. The number of aromatic nitrogens is 3. The summed E-state index contributed by atoms with van der Waals surface area (Å²) in [5.41, 5.74) is -1.22. The van der Waals surface area contributed by atoms with Gasteiger partial charge in [0.1, 0.15) is 16.4 Å². The van der Waals surface area contributed by atoms with Crippen LogP contribution in [0.5, 0.6) is 5.75 Å². The van der Waals surface area contributed by atoms with Gasteiger partial charge < -0.3 is 4.74 Å². The maximum atomic E-state index is 13.1. The average Bonchev–Trinajstić information content (AvgIpc) is 2.97. The third kappa shape index (κ3) is 4.72. The van der Waals surface area contributed by atoms with Gasteiger partial charge in [-0.2, -0.15) is 13.2 Å². The predicted octanol–water partition coefficient (Wildman–Crippen LogP) is 4.65. The maximum Gasteiger partial charge on any atom is 0.417 e. The van der Waals surface area contributed by atoms with E-state index in [2.05, 4.69) is 4.98 Å². The first-order chi connectivity index (χ1) is 13.5. The van der Waals surface area contributed by atoms with Gasteiger partial charge in [-0.05, 0) is 24.0 Å². The Morgan fingerprint density at radius 3 is 2.48 bits per heavy atom. The number of fused-ring (bicyclic) bond motifs is 1. The van der Waals surface area contributed by atoms with Crippen LogP contribution in [0.1, 0.15) is 19.4 Å². The van der Waals surface area contributed by atoms with Crippen LogP contribution in [0.25, 0.3) is 11.5 Å². The number of hydrogen-bond donors (Lipinski definition) is 0. The molecule has 0 N–H and O–H groups in total. The smallest absolute Gasteiger partial charge is 0.417 e. The summed E-state index contributed by atoms with van der Waals surface area (Å²) in [6.07, 6.45) is -2.31. The molecule has 0 aromatic carbocycles. The summed E-state index contributed by atoms with van der Waals surface area (Å²) in [5, 5.41) is 0.351. The van der Waals surface area contributed by atoms with E-state index in [0.29, 0.717) is 17.7 Å². The summed E-state index contributed by atoms with van der Waals surface area (Å²) in [6.45, 7) is 1.61. The van der Waals surface area contributed by atoms with Crippen molar-refractivity contribution in [1.29, 1.82) is 0 Å². The van der Waals surface area contributed by atoms with Crippen LogP contribution in [0, 0.1) is 0 Å². The van der Waals surface area contributed by atoms with Crippen LogP contribution in [0.4, 0.5) is 22.0 Å². The van der Waals surface area contributed by atoms with E-state index in [1.54, 1.807) is 0 Å². The largest absolute Gasteiger partial charge is 0.487 e. The quantitative estimate of drug-likeness (QED) is 0.420. The van der Waals surface area contributed by atoms with E-state index >= 15 is 0 Å². The second-order valence-corrected chi connectivity index (χ2v) is 7.50. The summed E-state index contributed by atoms with van der Waals surface area (Å²) in [5.74, 6) is -2.43. The van der Waals surface area contributed by atoms with Crippen LogP contribution < -0.4 is 10.3 Å². The monoisotopic (exact) mass is 433 g/mol. The summed E-state index contributed by atoms with van der Waals surface area (Å²) >= 11 is 1.22. The van der Waals surface area contributed by atoms with Crippen LogP contribution in [0.15, 0.2) is 46.5 Å². The summed E-state index contributed by atoms with van der Waals surface area (Å²) in [6, 6.07) is 4.48. The summed E-state index contributed by atoms with van der Waals surface area (Å²) in [7, 11) is 0. The van der Waals surface area contributed by atoms with Gasteiger partial charge in [0.15, 0.2) is 12.4 Å². The summed E-state index contributed by atoms with van der Waals surface area (Å²) in [4.78, 5) is 16.8. The molecule has 11 heteroatoms. The lowest BCUT2D eigenvalue weighted by atomic mass is 10.3. The molecule has 0 radical (unpaired) electrons. The number of alkyl halides is 5. The van der Waals surface area contributed by atoms with Crippen molar-refractivity contribution in [2.24, 2.45) is 0 Å². The van der Waals surface area contributed by atoms with Crippen molar-refractivity contribution in [3.05, 3.63) is 52.6 Å². The molecule has 0 aliphatic carbocycles. The zero-order valence-corrected chi connectivity index (χ0v) is 16.2. The van der Waals surface area contributed by atoms with Gasteiger partial charge in [0.2, 0.25) is 0 Å². The molecular formula is C18H16F5N3O2S. The number of rotatable bonds is 6. The minimum Gasteiger partial charge on any atom is -0.487 e. The Hall–Kier alpha value is -2.56. The first kappa shape index (κ1) is 21.2. The number of thioether (sulfide) groups is 1. The van der Waals surface area contributed by atoms with Crippen molar-refractivity contribution in [2.45, 2.75) is 31.0 Å². The number of imidazole rings is 1. The van der Waals surface area contributed by atoms with Gasteiger partial charge in [-0.3, -0.25) is 13.8 Å². The predicted molar refractivity (Wildman–Crippen MR) is 98.3 cm³/mol. The van der Waals surface area contributed by atoms with Gasteiger partial charge in [0, 0.05) is 25.4 Å². The van der Waals surface area contributed by atoms with Gasteiger partial charge in [-0.15, -0.1) is 11.8 Å². The zero-order chi connectivity index (χ0) is 21.4. The fourth-order valence-electron chi connectivity index (χ4n) is 2.54. The minimum atomic E-state index is -4.52. The van der Waals surface area contributed by atoms with Crippen molar-refractivity contribution in [1.82, 2.24) is 14.0 Å². The maximum absolute atomic E-state index is 13.1. The normalized spacial score (nSPS) is 12.5. The highest BCUT2D eigenvalue weighted by molar-refractivity contribution is 7.99. The molecule has 3 rings (SSSR count). The van der Waals surface area contributed by atoms with Gasteiger partial charge in [0.25, 0.3) is 11.5 Å². The molecule has 3 heterocycles. The number of halogens is 5. The Labute approximate surface area is 166 Å². The number of hydrogen-bond acceptors (Lipinski definition) is 4. The fourth-order valence-corrected chi connectivity index (χ4v) is 3.37. The molecule has 0 saturated carbocycles. The number of ether oxygens (including phenoxy) is 1. The topological polar surface area (TPSA) is 48.5 Å². The summed E-state index contributed by atoms with van der Waals surface area (Å²) < 4.78 is 72.4. The molecule has 0 unspecified atom stereocenters. The average molecular weight is 433 g/mol. The highest BCUT2D eigenvalue weighted by Gasteiger charge is 2.31. The Kier molecular flexibility index (Phi) is 5.61. The molecule has 5 nitrogen and oxygen atoms in total. The van der Waals surface area contributed by atoms with E-state index in [0.717, 1.165) is 22.9 Å². The molecule has 0 aliphatic rings. The van der Waals surface area contributed by atoms with Crippen molar-refractivity contribution in [3.63, 3.8) is 0 Å². The Bertz CT molecular complexity index is 1090. The minimum absolute atomic E-state index is 0.0411. The molecule has 0 bridgehead atoms. The molecule has 0 atom stereocenters. The van der Waals surface area contributed by atoms with Crippen molar-refractivity contribution in [2.75, 3.05) is 12.4 Å². The van der Waals surface area contributed by atoms with E-state index in [1.165, 1.54) is 34.5 Å². The van der Waals surface area contributed by atoms with Gasteiger partial charge in [0.05, 0.1) is 5.56 Å². The molecule has 0 spiro atoms. The molecule has 0 saturated heterocycles. The molecule has 3 aromatic heterocycles. The lowest BCUT2D eigenvalue weighted by Gasteiger charge is -2.12. The number of pyridine rings is 2. The SMILES string of the molecule is CCSc1c(-n2ccc(OCC(C)(F)F)cc2=O)nc2ccc(C(F)(F)F)cn12. The van der Waals surface area contributed by atoms with E-state index in [1.807, 2.05) is 6.92 Å². The van der Waals surface area contributed by atoms with Crippen molar-refractivity contribution < 1.29 is 26.7 Å². The Balaban J connectivity index is 2.07. The molecule has 0 aliphatic heterocycles. The van der Waals surface area contributed by atoms with Gasteiger partial charge >= 0.3 is 6.18 Å². The van der Waals surface area contributed by atoms with E-state index in [-0.39, 0.29) is 17.2 Å². The molecule has 29 heavy (non-hydrogen) atoms. The van der Waals surface area contributed by atoms with Crippen LogP contribution >= 0.6 is 11.8 Å². The second kappa shape index (κ2) is 7.69. The second-order valence-electron chi connectivity index (χ2n) is 6.25. The highest BCUT2D eigenvalue weighted by Crippen LogP contribution is 2.32. The lowest BCUT2D eigenvalue weighted by Crippen LogP contribution is -2.23. The van der Waals surface area contributed by atoms with E-state index in [9.17, 15) is 26.7 Å². The lowest BCUT2D eigenvalue weighted by molar-refractivity contribution is -0.137. The van der Waals surface area contributed by atoms with Crippen molar-refractivity contribution >= 4 is 17.4 Å². The van der Waals surface area contributed by atoms with Crippen molar-refractivity contribution in [3.8, 4) is 11.6 Å². The molecule has 0 fully saturated rings. The standard InChI is InChI=1S/C18H16F5N3O2S/c1-3-29-16-15(24-13-5-4-11(9-26(13)16)18(21,22)23)25-7-6-12(8-14(25)27)28-10-17(2,19)20/h4-9H,3,10H2,1-2H3.